The predicted molar refractivity (Wildman–Crippen MR) is 78.7 cm³/mol. The summed E-state index contributed by atoms with van der Waals surface area (Å²) in [5.41, 5.74) is 0. The van der Waals surface area contributed by atoms with E-state index in [2.05, 4.69) is 15.3 Å². The van der Waals surface area contributed by atoms with Crippen LogP contribution in [0.15, 0.2) is 12.4 Å². The number of sulfonamides is 1. The van der Waals surface area contributed by atoms with Gasteiger partial charge in [0.15, 0.2) is 5.82 Å². The summed E-state index contributed by atoms with van der Waals surface area (Å²) in [5, 5.41) is 3.17. The Bertz CT molecular complexity index is 595. The molecule has 7 nitrogen and oxygen atoms in total. The molecular weight excluding hydrogens is 292 g/mol. The molecule has 3 rings (SSSR count). The van der Waals surface area contributed by atoms with Gasteiger partial charge in [-0.3, -0.25) is 0 Å². The fourth-order valence-corrected chi connectivity index (χ4v) is 4.47. The lowest BCUT2D eigenvalue weighted by atomic mass is 10.1. The van der Waals surface area contributed by atoms with Gasteiger partial charge in [-0.2, -0.15) is 0 Å². The van der Waals surface area contributed by atoms with Gasteiger partial charge in [0.1, 0.15) is 0 Å². The minimum atomic E-state index is -3.05. The highest BCUT2D eigenvalue weighted by Crippen LogP contribution is 2.32. The molecule has 1 aromatic rings. The summed E-state index contributed by atoms with van der Waals surface area (Å²) in [5.74, 6) is 1.08. The number of piperidine rings is 1. The van der Waals surface area contributed by atoms with E-state index < -0.39 is 10.0 Å². The molecule has 0 atom stereocenters. The van der Waals surface area contributed by atoms with Crippen molar-refractivity contribution >= 4 is 15.8 Å². The van der Waals surface area contributed by atoms with Crippen LogP contribution in [0.2, 0.25) is 0 Å². The summed E-state index contributed by atoms with van der Waals surface area (Å²) in [4.78, 5) is 8.31. The molecule has 116 valence electrons. The third-order valence-corrected chi connectivity index (χ3v) is 6.36. The number of rotatable bonds is 5. The molecule has 21 heavy (non-hydrogen) atoms. The van der Waals surface area contributed by atoms with Gasteiger partial charge in [-0.1, -0.05) is 0 Å². The van der Waals surface area contributed by atoms with Crippen molar-refractivity contribution in [3.05, 3.63) is 12.4 Å². The van der Waals surface area contributed by atoms with Crippen molar-refractivity contribution in [3.63, 3.8) is 0 Å². The summed E-state index contributed by atoms with van der Waals surface area (Å²) in [6.45, 7) is 1.14. The van der Waals surface area contributed by atoms with Crippen molar-refractivity contribution in [1.29, 1.82) is 0 Å². The molecule has 8 heteroatoms. The minimum Gasteiger partial charge on any atom is -0.478 e. The lowest BCUT2D eigenvalue weighted by Crippen LogP contribution is -2.43. The van der Waals surface area contributed by atoms with E-state index in [1.165, 1.54) is 0 Å². The Hall–Kier alpha value is -1.41. The zero-order chi connectivity index (χ0) is 14.9. The van der Waals surface area contributed by atoms with Crippen LogP contribution in [0.25, 0.3) is 0 Å². The van der Waals surface area contributed by atoms with Gasteiger partial charge in [-0.25, -0.2) is 22.7 Å². The highest BCUT2D eigenvalue weighted by atomic mass is 32.2. The van der Waals surface area contributed by atoms with Crippen molar-refractivity contribution in [2.24, 2.45) is 0 Å². The van der Waals surface area contributed by atoms with Crippen LogP contribution in [0.3, 0.4) is 0 Å². The second-order valence-electron chi connectivity index (χ2n) is 5.48. The first kappa shape index (κ1) is 14.5. The molecule has 1 aromatic heterocycles. The van der Waals surface area contributed by atoms with E-state index in [1.807, 2.05) is 0 Å². The summed E-state index contributed by atoms with van der Waals surface area (Å²) in [6, 6.07) is 0.196. The highest BCUT2D eigenvalue weighted by Gasteiger charge is 2.41. The van der Waals surface area contributed by atoms with Crippen molar-refractivity contribution in [2.45, 2.75) is 37.0 Å². The SMILES string of the molecule is COc1nccnc1NC1CCN(S(=O)(=O)C2CC2)CC1. The summed E-state index contributed by atoms with van der Waals surface area (Å²) in [7, 11) is -1.49. The van der Waals surface area contributed by atoms with Crippen LogP contribution in [0.4, 0.5) is 5.82 Å². The molecule has 1 saturated heterocycles. The van der Waals surface area contributed by atoms with Crippen molar-refractivity contribution in [3.8, 4) is 5.88 Å². The molecule has 2 fully saturated rings. The number of methoxy groups -OCH3 is 1. The molecule has 0 radical (unpaired) electrons. The Morgan fingerprint density at radius 2 is 1.86 bits per heavy atom. The lowest BCUT2D eigenvalue weighted by Gasteiger charge is -2.32. The normalized spacial score (nSPS) is 21.2. The monoisotopic (exact) mass is 312 g/mol. The third kappa shape index (κ3) is 3.11. The Morgan fingerprint density at radius 1 is 1.19 bits per heavy atom. The number of aromatic nitrogens is 2. The molecule has 2 aliphatic rings. The van der Waals surface area contributed by atoms with Crippen LogP contribution in [-0.2, 0) is 10.0 Å². The van der Waals surface area contributed by atoms with Crippen LogP contribution < -0.4 is 10.1 Å². The van der Waals surface area contributed by atoms with Gasteiger partial charge in [0.05, 0.1) is 12.4 Å². The quantitative estimate of drug-likeness (QED) is 0.868. The lowest BCUT2D eigenvalue weighted by molar-refractivity contribution is 0.327. The molecule has 2 heterocycles. The molecule has 0 amide bonds. The second kappa shape index (κ2) is 5.76. The van der Waals surface area contributed by atoms with Gasteiger partial charge < -0.3 is 10.1 Å². The van der Waals surface area contributed by atoms with E-state index in [1.54, 1.807) is 23.8 Å². The molecular formula is C13H20N4O3S. The molecule has 1 aliphatic carbocycles. The molecule has 1 aliphatic heterocycles. The average molecular weight is 312 g/mol. The van der Waals surface area contributed by atoms with E-state index in [9.17, 15) is 8.42 Å². The Morgan fingerprint density at radius 3 is 2.48 bits per heavy atom. The molecule has 0 bridgehead atoms. The van der Waals surface area contributed by atoms with Crippen molar-refractivity contribution in [1.82, 2.24) is 14.3 Å². The average Bonchev–Trinajstić information content (AvgIpc) is 3.33. The number of nitrogens with zero attached hydrogens (tertiary/aromatic N) is 3. The van der Waals surface area contributed by atoms with Gasteiger partial charge in [0.25, 0.3) is 5.88 Å². The smallest absolute Gasteiger partial charge is 0.257 e. The predicted octanol–water partition coefficient (Wildman–Crippen LogP) is 0.854. The number of anilines is 1. The van der Waals surface area contributed by atoms with E-state index in [0.29, 0.717) is 24.8 Å². The first-order valence-corrected chi connectivity index (χ1v) is 8.72. The van der Waals surface area contributed by atoms with Crippen LogP contribution in [0.1, 0.15) is 25.7 Å². The van der Waals surface area contributed by atoms with Crippen molar-refractivity contribution in [2.75, 3.05) is 25.5 Å². The number of hydrogen-bond acceptors (Lipinski definition) is 6. The minimum absolute atomic E-state index is 0.123. The zero-order valence-electron chi connectivity index (χ0n) is 12.0. The largest absolute Gasteiger partial charge is 0.478 e. The number of nitrogens with one attached hydrogen (secondary N) is 1. The van der Waals surface area contributed by atoms with Gasteiger partial charge in [-0.15, -0.1) is 0 Å². The van der Waals surface area contributed by atoms with Gasteiger partial charge in [-0.05, 0) is 25.7 Å². The van der Waals surface area contributed by atoms with Crippen LogP contribution >= 0.6 is 0 Å². The molecule has 0 unspecified atom stereocenters. The van der Waals surface area contributed by atoms with E-state index >= 15 is 0 Å². The number of hydrogen-bond donors (Lipinski definition) is 1. The van der Waals surface area contributed by atoms with Crippen LogP contribution in [0.5, 0.6) is 5.88 Å². The maximum atomic E-state index is 12.2. The third-order valence-electron chi connectivity index (χ3n) is 3.96. The molecule has 1 saturated carbocycles. The van der Waals surface area contributed by atoms with E-state index in [4.69, 9.17) is 4.74 Å². The number of ether oxygens (including phenoxy) is 1. The fourth-order valence-electron chi connectivity index (χ4n) is 2.60. The second-order valence-corrected chi connectivity index (χ2v) is 7.69. The Labute approximate surface area is 124 Å². The van der Waals surface area contributed by atoms with Gasteiger partial charge in [0.2, 0.25) is 10.0 Å². The molecule has 1 N–H and O–H groups in total. The Kier molecular flexibility index (Phi) is 3.99. The maximum absolute atomic E-state index is 12.2. The molecule has 0 spiro atoms. The highest BCUT2D eigenvalue weighted by molar-refractivity contribution is 7.90. The van der Waals surface area contributed by atoms with Gasteiger partial charge in [0, 0.05) is 31.5 Å². The summed E-state index contributed by atoms with van der Waals surface area (Å²) >= 11 is 0. The van der Waals surface area contributed by atoms with Gasteiger partial charge >= 0.3 is 0 Å². The molecule has 0 aromatic carbocycles. The standard InChI is InChI=1S/C13H20N4O3S/c1-20-13-12(14-6-7-15-13)16-10-4-8-17(9-5-10)21(18,19)11-2-3-11/h6-7,10-11H,2-5,8-9H2,1H3,(H,14,16). The van der Waals surface area contributed by atoms with Crippen LogP contribution in [0, 0.1) is 0 Å². The van der Waals surface area contributed by atoms with Crippen molar-refractivity contribution < 1.29 is 13.2 Å². The topological polar surface area (TPSA) is 84.4 Å². The first-order valence-electron chi connectivity index (χ1n) is 7.22. The van der Waals surface area contributed by atoms with Crippen LogP contribution in [-0.4, -0.2) is 54.2 Å². The fraction of sp³-hybridized carbons (Fsp3) is 0.692. The maximum Gasteiger partial charge on any atom is 0.257 e. The zero-order valence-corrected chi connectivity index (χ0v) is 12.8. The van der Waals surface area contributed by atoms with E-state index in [-0.39, 0.29) is 11.3 Å². The van der Waals surface area contributed by atoms with E-state index in [0.717, 1.165) is 25.7 Å². The summed E-state index contributed by atoms with van der Waals surface area (Å²) < 4.78 is 31.1. The Balaban J connectivity index is 1.59. The first-order chi connectivity index (χ1) is 10.1. The summed E-state index contributed by atoms with van der Waals surface area (Å²) in [6.07, 6.45) is 6.36.